The zero-order chi connectivity index (χ0) is 14.7. The molecule has 0 bridgehead atoms. The number of H-pyrrole nitrogens is 1. The van der Waals surface area contributed by atoms with Crippen LogP contribution in [0.3, 0.4) is 0 Å². The zero-order valence-corrected chi connectivity index (χ0v) is 12.7. The van der Waals surface area contributed by atoms with Crippen LogP contribution in [-0.2, 0) is 11.3 Å². The molecule has 0 unspecified atom stereocenters. The van der Waals surface area contributed by atoms with Crippen LogP contribution in [0.4, 0.5) is 0 Å². The highest BCUT2D eigenvalue weighted by atomic mass is 16.5. The van der Waals surface area contributed by atoms with E-state index < -0.39 is 0 Å². The highest BCUT2D eigenvalue weighted by Crippen LogP contribution is 2.28. The van der Waals surface area contributed by atoms with Crippen molar-refractivity contribution < 1.29 is 4.74 Å². The fourth-order valence-electron chi connectivity index (χ4n) is 2.82. The molecule has 0 saturated carbocycles. The fourth-order valence-corrected chi connectivity index (χ4v) is 2.82. The minimum atomic E-state index is 0.148. The van der Waals surface area contributed by atoms with E-state index >= 15 is 0 Å². The minimum absolute atomic E-state index is 0.148. The Morgan fingerprint density at radius 3 is 2.76 bits per heavy atom. The number of nitrogens with zero attached hydrogens (tertiary/aromatic N) is 2. The van der Waals surface area contributed by atoms with Crippen LogP contribution in [0, 0.1) is 5.92 Å². The van der Waals surface area contributed by atoms with Crippen molar-refractivity contribution in [3.8, 4) is 0 Å². The average Bonchev–Trinajstić information content (AvgIpc) is 3.01. The largest absolute Gasteiger partial charge is 0.367 e. The number of rotatable bonds is 4. The van der Waals surface area contributed by atoms with Crippen LogP contribution >= 0.6 is 0 Å². The van der Waals surface area contributed by atoms with Crippen LogP contribution < -0.4 is 0 Å². The molecule has 2 heterocycles. The quantitative estimate of drug-likeness (QED) is 0.939. The van der Waals surface area contributed by atoms with Crippen LogP contribution in [0.1, 0.15) is 31.2 Å². The normalized spacial score (nSPS) is 23.6. The summed E-state index contributed by atoms with van der Waals surface area (Å²) in [6.45, 7) is 7.25. The van der Waals surface area contributed by atoms with Gasteiger partial charge < -0.3 is 9.72 Å². The first-order valence-electron chi connectivity index (χ1n) is 7.62. The van der Waals surface area contributed by atoms with Gasteiger partial charge in [0.1, 0.15) is 0 Å². The predicted molar refractivity (Wildman–Crippen MR) is 82.8 cm³/mol. The number of imidazole rings is 1. The Morgan fingerprint density at radius 2 is 2.10 bits per heavy atom. The molecule has 3 rings (SSSR count). The molecule has 1 aromatic carbocycles. The molecule has 0 radical (unpaired) electrons. The molecule has 4 heteroatoms. The van der Waals surface area contributed by atoms with E-state index in [1.54, 1.807) is 6.33 Å². The van der Waals surface area contributed by atoms with E-state index in [2.05, 4.69) is 59.0 Å². The van der Waals surface area contributed by atoms with Crippen molar-refractivity contribution in [3.63, 3.8) is 0 Å². The third kappa shape index (κ3) is 3.52. The van der Waals surface area contributed by atoms with Gasteiger partial charge in [0.2, 0.25) is 0 Å². The van der Waals surface area contributed by atoms with E-state index in [9.17, 15) is 0 Å². The van der Waals surface area contributed by atoms with Gasteiger partial charge in [-0.25, -0.2) is 4.98 Å². The Morgan fingerprint density at radius 1 is 1.29 bits per heavy atom. The summed E-state index contributed by atoms with van der Waals surface area (Å²) in [5.41, 5.74) is 2.42. The fraction of sp³-hybridized carbons (Fsp3) is 0.471. The topological polar surface area (TPSA) is 41.2 Å². The molecule has 0 aliphatic carbocycles. The van der Waals surface area contributed by atoms with Gasteiger partial charge in [-0.15, -0.1) is 0 Å². The van der Waals surface area contributed by atoms with Crippen LogP contribution in [-0.4, -0.2) is 34.1 Å². The van der Waals surface area contributed by atoms with E-state index in [4.69, 9.17) is 4.74 Å². The first-order valence-corrected chi connectivity index (χ1v) is 7.62. The van der Waals surface area contributed by atoms with Crippen molar-refractivity contribution in [1.82, 2.24) is 14.9 Å². The molecule has 2 aromatic rings. The lowest BCUT2D eigenvalue weighted by molar-refractivity contribution is -0.108. The van der Waals surface area contributed by atoms with Gasteiger partial charge in [-0.3, -0.25) is 4.90 Å². The van der Waals surface area contributed by atoms with Gasteiger partial charge in [-0.1, -0.05) is 44.2 Å². The number of benzene rings is 1. The summed E-state index contributed by atoms with van der Waals surface area (Å²) in [5.74, 6) is 0.515. The second kappa shape index (κ2) is 6.41. The van der Waals surface area contributed by atoms with Crippen molar-refractivity contribution in [3.05, 3.63) is 54.1 Å². The standard InChI is InChI=1S/C17H23N3O/c1-13(2)16-10-20(9-15-8-18-12-19-15)11-17(21-16)14-6-4-3-5-7-14/h3-8,12-13,16-17H,9-11H2,1-2H3,(H,18,19)/t16-,17+/m1/s1. The number of morpholine rings is 1. The summed E-state index contributed by atoms with van der Waals surface area (Å²) in [6.07, 6.45) is 4.06. The van der Waals surface area contributed by atoms with Crippen molar-refractivity contribution in [2.75, 3.05) is 13.1 Å². The third-order valence-corrected chi connectivity index (χ3v) is 4.06. The SMILES string of the molecule is CC(C)[C@H]1CN(Cc2cnc[nH]2)C[C@@H](c2ccccc2)O1. The molecule has 2 atom stereocenters. The lowest BCUT2D eigenvalue weighted by Gasteiger charge is -2.39. The molecular weight excluding hydrogens is 262 g/mol. The van der Waals surface area contributed by atoms with Crippen molar-refractivity contribution in [2.45, 2.75) is 32.6 Å². The highest BCUT2D eigenvalue weighted by molar-refractivity contribution is 5.18. The Bertz CT molecular complexity index is 538. The summed E-state index contributed by atoms with van der Waals surface area (Å²) in [7, 11) is 0. The van der Waals surface area contributed by atoms with Crippen molar-refractivity contribution in [2.24, 2.45) is 5.92 Å². The van der Waals surface area contributed by atoms with E-state index in [0.717, 1.165) is 25.3 Å². The lowest BCUT2D eigenvalue weighted by Crippen LogP contribution is -2.45. The number of aromatic nitrogens is 2. The number of ether oxygens (including phenoxy) is 1. The van der Waals surface area contributed by atoms with Gasteiger partial charge in [0.15, 0.2) is 0 Å². The molecule has 0 spiro atoms. The summed E-state index contributed by atoms with van der Waals surface area (Å²) in [5, 5.41) is 0. The third-order valence-electron chi connectivity index (χ3n) is 4.06. The molecule has 1 fully saturated rings. The Kier molecular flexibility index (Phi) is 4.36. The minimum Gasteiger partial charge on any atom is -0.367 e. The molecule has 1 aliphatic rings. The van der Waals surface area contributed by atoms with Crippen LogP contribution in [0.25, 0.3) is 0 Å². The van der Waals surface area contributed by atoms with E-state index in [1.807, 2.05) is 6.20 Å². The van der Waals surface area contributed by atoms with Crippen LogP contribution in [0.15, 0.2) is 42.9 Å². The second-order valence-corrected chi connectivity index (χ2v) is 6.09. The second-order valence-electron chi connectivity index (χ2n) is 6.09. The van der Waals surface area contributed by atoms with Crippen LogP contribution in [0.5, 0.6) is 0 Å². The molecule has 21 heavy (non-hydrogen) atoms. The molecular formula is C17H23N3O. The number of hydrogen-bond donors (Lipinski definition) is 1. The predicted octanol–water partition coefficient (Wildman–Crippen LogP) is 3.01. The monoisotopic (exact) mass is 285 g/mol. The molecule has 1 aliphatic heterocycles. The first-order chi connectivity index (χ1) is 10.2. The van der Waals surface area contributed by atoms with Gasteiger partial charge in [0.25, 0.3) is 0 Å². The van der Waals surface area contributed by atoms with Gasteiger partial charge >= 0.3 is 0 Å². The van der Waals surface area contributed by atoms with Gasteiger partial charge in [0.05, 0.1) is 18.5 Å². The molecule has 4 nitrogen and oxygen atoms in total. The maximum atomic E-state index is 6.32. The maximum Gasteiger partial charge on any atom is 0.0956 e. The molecule has 0 amide bonds. The number of nitrogens with one attached hydrogen (secondary N) is 1. The molecule has 1 aromatic heterocycles. The Labute approximate surface area is 126 Å². The van der Waals surface area contributed by atoms with E-state index in [1.165, 1.54) is 5.56 Å². The van der Waals surface area contributed by atoms with Gasteiger partial charge in [-0.2, -0.15) is 0 Å². The average molecular weight is 285 g/mol. The van der Waals surface area contributed by atoms with Crippen molar-refractivity contribution in [1.29, 1.82) is 0 Å². The van der Waals surface area contributed by atoms with E-state index in [0.29, 0.717) is 5.92 Å². The van der Waals surface area contributed by atoms with Gasteiger partial charge in [0, 0.05) is 31.5 Å². The van der Waals surface area contributed by atoms with Gasteiger partial charge in [-0.05, 0) is 11.5 Å². The Hall–Kier alpha value is -1.65. The number of aromatic amines is 1. The van der Waals surface area contributed by atoms with Crippen molar-refractivity contribution >= 4 is 0 Å². The summed E-state index contributed by atoms with van der Waals surface area (Å²) in [6, 6.07) is 10.5. The van der Waals surface area contributed by atoms with E-state index in [-0.39, 0.29) is 12.2 Å². The van der Waals surface area contributed by atoms with Crippen LogP contribution in [0.2, 0.25) is 0 Å². The smallest absolute Gasteiger partial charge is 0.0956 e. The number of hydrogen-bond acceptors (Lipinski definition) is 3. The highest BCUT2D eigenvalue weighted by Gasteiger charge is 2.30. The Balaban J connectivity index is 1.75. The molecule has 1 saturated heterocycles. The summed E-state index contributed by atoms with van der Waals surface area (Å²) < 4.78 is 6.32. The molecule has 112 valence electrons. The lowest BCUT2D eigenvalue weighted by atomic mass is 10.0. The molecule has 1 N–H and O–H groups in total. The first kappa shape index (κ1) is 14.3. The zero-order valence-electron chi connectivity index (χ0n) is 12.7. The summed E-state index contributed by atoms with van der Waals surface area (Å²) >= 11 is 0. The maximum absolute atomic E-state index is 6.32. The summed E-state index contributed by atoms with van der Waals surface area (Å²) in [4.78, 5) is 9.75.